The number of carbonyl (C=O) groups excluding carboxylic acids is 1. The maximum absolute atomic E-state index is 13.1. The van der Waals surface area contributed by atoms with Gasteiger partial charge < -0.3 is 33.3 Å². The van der Waals surface area contributed by atoms with Gasteiger partial charge in [-0.1, -0.05) is 54.6 Å². The lowest BCUT2D eigenvalue weighted by atomic mass is 9.87. The van der Waals surface area contributed by atoms with Gasteiger partial charge in [0.2, 0.25) is 0 Å². The van der Waals surface area contributed by atoms with Gasteiger partial charge in [0.1, 0.15) is 28.6 Å². The third kappa shape index (κ3) is 8.43. The Kier molecular flexibility index (Phi) is 10.9. The quantitative estimate of drug-likeness (QED) is 0.147. The van der Waals surface area contributed by atoms with Crippen molar-refractivity contribution in [3.63, 3.8) is 0 Å². The van der Waals surface area contributed by atoms with Crippen LogP contribution in [0.15, 0.2) is 84.9 Å². The van der Waals surface area contributed by atoms with E-state index in [0.29, 0.717) is 32.9 Å². The van der Waals surface area contributed by atoms with Gasteiger partial charge in [0.25, 0.3) is 0 Å². The van der Waals surface area contributed by atoms with E-state index in [1.807, 2.05) is 93.6 Å². The van der Waals surface area contributed by atoms with Crippen LogP contribution in [0.5, 0.6) is 23.0 Å². The van der Waals surface area contributed by atoms with Crippen LogP contribution in [0.3, 0.4) is 0 Å². The Labute approximate surface area is 272 Å². The number of ether oxygens (including phenoxy) is 6. The molecule has 0 N–H and O–H groups in total. The molecule has 4 aromatic carbocycles. The monoisotopic (exact) mass is 627 g/mol. The molecule has 2 unspecified atom stereocenters. The van der Waals surface area contributed by atoms with Crippen LogP contribution in [0.1, 0.15) is 50.7 Å². The van der Waals surface area contributed by atoms with Gasteiger partial charge in [-0.3, -0.25) is 0 Å². The van der Waals surface area contributed by atoms with E-state index < -0.39 is 5.60 Å². The number of hydrogen-bond donors (Lipinski definition) is 0. The number of benzene rings is 4. The summed E-state index contributed by atoms with van der Waals surface area (Å²) in [6, 6.07) is 28.0. The Morgan fingerprint density at radius 1 is 0.826 bits per heavy atom. The molecule has 0 bridgehead atoms. The Bertz CT molecular complexity index is 1570. The Hall–Kier alpha value is -4.43. The number of fused-ring (bicyclic) bond motifs is 1. The van der Waals surface area contributed by atoms with Crippen molar-refractivity contribution in [3.05, 3.63) is 96.1 Å². The predicted octanol–water partition coefficient (Wildman–Crippen LogP) is 8.01. The van der Waals surface area contributed by atoms with E-state index in [2.05, 4.69) is 12.1 Å². The van der Waals surface area contributed by atoms with Crippen molar-refractivity contribution in [2.45, 2.75) is 57.8 Å². The van der Waals surface area contributed by atoms with Crippen molar-refractivity contribution < 1.29 is 33.2 Å². The first kappa shape index (κ1) is 32.9. The highest BCUT2D eigenvalue weighted by Gasteiger charge is 2.35. The second-order valence-corrected chi connectivity index (χ2v) is 12.4. The molecule has 8 heteroatoms. The molecular formula is C38H45NO7. The van der Waals surface area contributed by atoms with Crippen LogP contribution >= 0.6 is 0 Å². The summed E-state index contributed by atoms with van der Waals surface area (Å²) in [5.41, 5.74) is 1.44. The third-order valence-electron chi connectivity index (χ3n) is 8.00. The molecule has 1 heterocycles. The summed E-state index contributed by atoms with van der Waals surface area (Å²) in [7, 11) is 3.34. The standard InChI is InChI=1S/C38H45NO7/c1-38(2,3)46-37(40)39-21-20-31(27-16-18-30(19-17-27)44-23-11-22-43-29-12-7-6-8-13-29)35(25-39)45-26-28-24-34(41-4)32-14-9-10-15-33(32)36(28)42-5/h6-10,12-19,24,31,35H,11,20-23,25-26H2,1-5H3. The van der Waals surface area contributed by atoms with Crippen molar-refractivity contribution in [3.8, 4) is 23.0 Å². The second kappa shape index (κ2) is 15.2. The van der Waals surface area contributed by atoms with Crippen LogP contribution in [0, 0.1) is 0 Å². The average molecular weight is 628 g/mol. The lowest BCUT2D eigenvalue weighted by Crippen LogP contribution is -2.48. The second-order valence-electron chi connectivity index (χ2n) is 12.4. The molecule has 0 saturated carbocycles. The van der Waals surface area contributed by atoms with Gasteiger partial charge in [0.15, 0.2) is 0 Å². The number of piperidine rings is 1. The number of nitrogens with zero attached hydrogens (tertiary/aromatic N) is 1. The molecule has 0 radical (unpaired) electrons. The van der Waals surface area contributed by atoms with Crippen LogP contribution in [0.4, 0.5) is 4.79 Å². The van der Waals surface area contributed by atoms with E-state index in [1.165, 1.54) is 0 Å². The summed E-state index contributed by atoms with van der Waals surface area (Å²) in [5, 5.41) is 1.93. The Morgan fingerprint density at radius 3 is 2.13 bits per heavy atom. The summed E-state index contributed by atoms with van der Waals surface area (Å²) in [6.45, 7) is 8.06. The van der Waals surface area contributed by atoms with E-state index in [0.717, 1.165) is 57.7 Å². The number of carbonyl (C=O) groups is 1. The summed E-state index contributed by atoms with van der Waals surface area (Å²) in [6.07, 6.45) is 0.910. The Balaban J connectivity index is 1.28. The summed E-state index contributed by atoms with van der Waals surface area (Å²) < 4.78 is 35.7. The van der Waals surface area contributed by atoms with Gasteiger partial charge in [-0.25, -0.2) is 4.79 Å². The third-order valence-corrected chi connectivity index (χ3v) is 8.00. The summed E-state index contributed by atoms with van der Waals surface area (Å²) >= 11 is 0. The van der Waals surface area contributed by atoms with Crippen LogP contribution in [0.2, 0.25) is 0 Å². The van der Waals surface area contributed by atoms with E-state index in [9.17, 15) is 4.79 Å². The number of likely N-dealkylation sites (tertiary alicyclic amines) is 1. The molecule has 5 rings (SSSR count). The molecule has 1 fully saturated rings. The fraction of sp³-hybridized carbons (Fsp3) is 0.395. The van der Waals surface area contributed by atoms with Gasteiger partial charge in [-0.2, -0.15) is 0 Å². The molecule has 4 aromatic rings. The molecule has 1 aliphatic rings. The van der Waals surface area contributed by atoms with Crippen LogP contribution in [-0.4, -0.2) is 63.2 Å². The zero-order valence-corrected chi connectivity index (χ0v) is 27.5. The minimum absolute atomic E-state index is 0.0698. The highest BCUT2D eigenvalue weighted by Crippen LogP contribution is 2.38. The van der Waals surface area contributed by atoms with E-state index in [4.69, 9.17) is 28.4 Å². The highest BCUT2D eigenvalue weighted by atomic mass is 16.6. The molecule has 8 nitrogen and oxygen atoms in total. The smallest absolute Gasteiger partial charge is 0.410 e. The first-order valence-electron chi connectivity index (χ1n) is 15.9. The molecule has 0 spiro atoms. The molecule has 0 aliphatic carbocycles. The van der Waals surface area contributed by atoms with Crippen molar-refractivity contribution in [2.75, 3.05) is 40.5 Å². The Morgan fingerprint density at radius 2 is 1.48 bits per heavy atom. The predicted molar refractivity (Wildman–Crippen MR) is 179 cm³/mol. The molecule has 2 atom stereocenters. The van der Waals surface area contributed by atoms with Crippen molar-refractivity contribution in [1.29, 1.82) is 0 Å². The highest BCUT2D eigenvalue weighted by molar-refractivity contribution is 5.94. The lowest BCUT2D eigenvalue weighted by Gasteiger charge is -2.39. The number of hydrogen-bond acceptors (Lipinski definition) is 7. The van der Waals surface area contributed by atoms with E-state index >= 15 is 0 Å². The molecule has 1 saturated heterocycles. The number of para-hydroxylation sites is 1. The molecule has 0 aromatic heterocycles. The van der Waals surface area contributed by atoms with Gasteiger partial charge in [-0.05, 0) is 63.1 Å². The van der Waals surface area contributed by atoms with Crippen LogP contribution < -0.4 is 18.9 Å². The normalized spacial score (nSPS) is 16.6. The first-order valence-corrected chi connectivity index (χ1v) is 15.9. The van der Waals surface area contributed by atoms with Crippen molar-refractivity contribution in [1.82, 2.24) is 4.90 Å². The topological polar surface area (TPSA) is 75.7 Å². The SMILES string of the molecule is COc1cc(COC2CN(C(=O)OC(C)(C)C)CCC2c2ccc(OCCCOc3ccccc3)cc2)c(OC)c2ccccc12. The molecule has 1 aliphatic heterocycles. The molecule has 1 amide bonds. The largest absolute Gasteiger partial charge is 0.496 e. The van der Waals surface area contributed by atoms with Crippen molar-refractivity contribution >= 4 is 16.9 Å². The summed E-state index contributed by atoms with van der Waals surface area (Å²) in [5.74, 6) is 3.25. The zero-order valence-electron chi connectivity index (χ0n) is 27.5. The van der Waals surface area contributed by atoms with Gasteiger partial charge in [0.05, 0.1) is 46.7 Å². The first-order chi connectivity index (χ1) is 22.3. The molecule has 244 valence electrons. The zero-order chi connectivity index (χ0) is 32.5. The number of methoxy groups -OCH3 is 2. The van der Waals surface area contributed by atoms with Gasteiger partial charge in [-0.15, -0.1) is 0 Å². The average Bonchev–Trinajstić information content (AvgIpc) is 3.06. The van der Waals surface area contributed by atoms with Gasteiger partial charge in [0, 0.05) is 35.2 Å². The van der Waals surface area contributed by atoms with Crippen LogP contribution in [-0.2, 0) is 16.1 Å². The maximum atomic E-state index is 13.1. The minimum atomic E-state index is -0.581. The number of rotatable bonds is 12. The van der Waals surface area contributed by atoms with E-state index in [1.54, 1.807) is 19.1 Å². The van der Waals surface area contributed by atoms with Crippen LogP contribution in [0.25, 0.3) is 10.8 Å². The maximum Gasteiger partial charge on any atom is 0.410 e. The van der Waals surface area contributed by atoms with Gasteiger partial charge >= 0.3 is 6.09 Å². The van der Waals surface area contributed by atoms with E-state index in [-0.39, 0.29) is 18.1 Å². The fourth-order valence-electron chi connectivity index (χ4n) is 5.81. The minimum Gasteiger partial charge on any atom is -0.496 e. The van der Waals surface area contributed by atoms with Crippen molar-refractivity contribution in [2.24, 2.45) is 0 Å². The molecular weight excluding hydrogens is 582 g/mol. The lowest BCUT2D eigenvalue weighted by molar-refractivity contribution is -0.0363. The molecule has 46 heavy (non-hydrogen) atoms. The summed E-state index contributed by atoms with van der Waals surface area (Å²) in [4.78, 5) is 14.8. The fourth-order valence-corrected chi connectivity index (χ4v) is 5.81. The number of amides is 1.